The monoisotopic (exact) mass is 234 g/mol. The number of carbonyl (C=O) groups is 1. The van der Waals surface area contributed by atoms with Crippen LogP contribution in [-0.2, 0) is 7.05 Å². The van der Waals surface area contributed by atoms with Crippen LogP contribution in [0, 0.1) is 5.92 Å². The normalized spacial score (nSPS) is 15.8. The van der Waals surface area contributed by atoms with E-state index in [4.69, 9.17) is 0 Å². The van der Waals surface area contributed by atoms with Gasteiger partial charge in [0.05, 0.1) is 12.2 Å². The number of aryl methyl sites for hydroxylation is 1. The van der Waals surface area contributed by atoms with Crippen molar-refractivity contribution >= 4 is 5.78 Å². The van der Waals surface area contributed by atoms with Crippen LogP contribution in [0.4, 0.5) is 0 Å². The van der Waals surface area contributed by atoms with E-state index in [0.717, 1.165) is 18.2 Å². The number of hydrogen-bond acceptors (Lipinski definition) is 2. The zero-order valence-electron chi connectivity index (χ0n) is 11.0. The van der Waals surface area contributed by atoms with Crippen LogP contribution in [0.15, 0.2) is 18.3 Å². The molecule has 1 aliphatic rings. The van der Waals surface area contributed by atoms with Crippen molar-refractivity contribution < 1.29 is 4.79 Å². The van der Waals surface area contributed by atoms with Gasteiger partial charge in [-0.15, -0.1) is 0 Å². The summed E-state index contributed by atoms with van der Waals surface area (Å²) in [5, 5.41) is 0. The van der Waals surface area contributed by atoms with Crippen molar-refractivity contribution in [2.24, 2.45) is 13.0 Å². The molecule has 1 fully saturated rings. The fourth-order valence-corrected chi connectivity index (χ4v) is 2.11. The standard InChI is InChI=1S/C14H22N2O/c1-11(2)16(9-12-6-7-12)10-14(17)13-5-4-8-15(13)3/h4-5,8,11-12H,6-7,9-10H2,1-3H3. The number of nitrogens with zero attached hydrogens (tertiary/aromatic N) is 2. The summed E-state index contributed by atoms with van der Waals surface area (Å²) in [6, 6.07) is 4.27. The third-order valence-electron chi connectivity index (χ3n) is 3.50. The molecule has 0 amide bonds. The maximum atomic E-state index is 12.2. The fourth-order valence-electron chi connectivity index (χ4n) is 2.11. The summed E-state index contributed by atoms with van der Waals surface area (Å²) in [7, 11) is 1.92. The lowest BCUT2D eigenvalue weighted by molar-refractivity contribution is 0.0892. The average Bonchev–Trinajstić information content (AvgIpc) is 2.97. The highest BCUT2D eigenvalue weighted by Gasteiger charge is 2.26. The van der Waals surface area contributed by atoms with Crippen molar-refractivity contribution in [3.8, 4) is 0 Å². The maximum Gasteiger partial charge on any atom is 0.193 e. The molecular formula is C14H22N2O. The summed E-state index contributed by atoms with van der Waals surface area (Å²) in [6.07, 6.45) is 4.59. The molecule has 0 saturated heterocycles. The Morgan fingerprint density at radius 1 is 1.53 bits per heavy atom. The molecule has 2 rings (SSSR count). The largest absolute Gasteiger partial charge is 0.348 e. The van der Waals surface area contributed by atoms with Gasteiger partial charge in [0.1, 0.15) is 0 Å². The summed E-state index contributed by atoms with van der Waals surface area (Å²) in [5.74, 6) is 1.06. The van der Waals surface area contributed by atoms with Crippen LogP contribution in [-0.4, -0.2) is 34.4 Å². The zero-order valence-corrected chi connectivity index (χ0v) is 11.0. The van der Waals surface area contributed by atoms with Gasteiger partial charge >= 0.3 is 0 Å². The topological polar surface area (TPSA) is 25.2 Å². The molecule has 0 atom stereocenters. The van der Waals surface area contributed by atoms with Crippen molar-refractivity contribution in [2.75, 3.05) is 13.1 Å². The number of Topliss-reactive ketones (excluding diaryl/α,β-unsaturated/α-hetero) is 1. The van der Waals surface area contributed by atoms with Crippen LogP contribution in [0.3, 0.4) is 0 Å². The predicted molar refractivity (Wildman–Crippen MR) is 69.2 cm³/mol. The molecule has 17 heavy (non-hydrogen) atoms. The highest BCUT2D eigenvalue weighted by molar-refractivity contribution is 5.96. The van der Waals surface area contributed by atoms with E-state index in [1.54, 1.807) is 0 Å². The molecule has 3 heteroatoms. The lowest BCUT2D eigenvalue weighted by atomic mass is 10.2. The van der Waals surface area contributed by atoms with Crippen LogP contribution >= 0.6 is 0 Å². The first-order valence-corrected chi connectivity index (χ1v) is 6.46. The summed E-state index contributed by atoms with van der Waals surface area (Å²) in [4.78, 5) is 14.5. The van der Waals surface area contributed by atoms with Gasteiger partial charge in [-0.25, -0.2) is 0 Å². The van der Waals surface area contributed by atoms with E-state index >= 15 is 0 Å². The molecule has 0 radical (unpaired) electrons. The summed E-state index contributed by atoms with van der Waals surface area (Å²) < 4.78 is 1.90. The summed E-state index contributed by atoms with van der Waals surface area (Å²) in [6.45, 7) is 5.96. The first-order chi connectivity index (χ1) is 8.08. The van der Waals surface area contributed by atoms with Crippen molar-refractivity contribution in [1.29, 1.82) is 0 Å². The number of hydrogen-bond donors (Lipinski definition) is 0. The Kier molecular flexibility index (Phi) is 3.67. The van der Waals surface area contributed by atoms with Crippen LogP contribution in [0.5, 0.6) is 0 Å². The van der Waals surface area contributed by atoms with Crippen molar-refractivity contribution in [1.82, 2.24) is 9.47 Å². The van der Waals surface area contributed by atoms with E-state index in [1.807, 2.05) is 29.9 Å². The van der Waals surface area contributed by atoms with Gasteiger partial charge in [0, 0.05) is 25.8 Å². The molecule has 0 N–H and O–H groups in total. The number of carbonyl (C=O) groups excluding carboxylic acids is 1. The first-order valence-electron chi connectivity index (χ1n) is 6.46. The van der Waals surface area contributed by atoms with Gasteiger partial charge in [0.15, 0.2) is 5.78 Å². The smallest absolute Gasteiger partial charge is 0.193 e. The number of ketones is 1. The number of aromatic nitrogens is 1. The lowest BCUT2D eigenvalue weighted by Gasteiger charge is -2.25. The molecule has 0 spiro atoms. The molecule has 1 aliphatic carbocycles. The van der Waals surface area contributed by atoms with Crippen LogP contribution in [0.1, 0.15) is 37.2 Å². The maximum absolute atomic E-state index is 12.2. The molecule has 0 unspecified atom stereocenters. The molecule has 1 saturated carbocycles. The highest BCUT2D eigenvalue weighted by atomic mass is 16.1. The molecule has 0 bridgehead atoms. The molecule has 1 heterocycles. The van der Waals surface area contributed by atoms with Gasteiger partial charge in [-0.3, -0.25) is 9.69 Å². The second kappa shape index (κ2) is 5.05. The van der Waals surface area contributed by atoms with E-state index in [2.05, 4.69) is 18.7 Å². The molecule has 0 aliphatic heterocycles. The Morgan fingerprint density at radius 2 is 2.24 bits per heavy atom. The fraction of sp³-hybridized carbons (Fsp3) is 0.643. The van der Waals surface area contributed by atoms with Crippen molar-refractivity contribution in [3.05, 3.63) is 24.0 Å². The molecule has 94 valence electrons. The van der Waals surface area contributed by atoms with E-state index in [9.17, 15) is 4.79 Å². The first kappa shape index (κ1) is 12.4. The second-order valence-electron chi connectivity index (χ2n) is 5.39. The van der Waals surface area contributed by atoms with E-state index in [0.29, 0.717) is 12.6 Å². The van der Waals surface area contributed by atoms with Crippen molar-refractivity contribution in [2.45, 2.75) is 32.7 Å². The number of rotatable bonds is 6. The Balaban J connectivity index is 1.97. The van der Waals surface area contributed by atoms with Crippen LogP contribution in [0.2, 0.25) is 0 Å². The van der Waals surface area contributed by atoms with Gasteiger partial charge in [0.25, 0.3) is 0 Å². The second-order valence-corrected chi connectivity index (χ2v) is 5.39. The van der Waals surface area contributed by atoms with E-state index in [-0.39, 0.29) is 5.78 Å². The van der Waals surface area contributed by atoms with E-state index < -0.39 is 0 Å². The zero-order chi connectivity index (χ0) is 12.4. The van der Waals surface area contributed by atoms with Crippen LogP contribution < -0.4 is 0 Å². The molecule has 1 aromatic rings. The third kappa shape index (κ3) is 3.19. The summed E-state index contributed by atoms with van der Waals surface area (Å²) >= 11 is 0. The lowest BCUT2D eigenvalue weighted by Crippen LogP contribution is -2.37. The minimum Gasteiger partial charge on any atom is -0.348 e. The third-order valence-corrected chi connectivity index (χ3v) is 3.50. The molecule has 3 nitrogen and oxygen atoms in total. The minimum atomic E-state index is 0.229. The van der Waals surface area contributed by atoms with Gasteiger partial charge in [-0.1, -0.05) is 0 Å². The van der Waals surface area contributed by atoms with E-state index in [1.165, 1.54) is 12.8 Å². The SMILES string of the molecule is CC(C)N(CC(=O)c1cccn1C)CC1CC1. The van der Waals surface area contributed by atoms with Gasteiger partial charge in [0.2, 0.25) is 0 Å². The van der Waals surface area contributed by atoms with Gasteiger partial charge < -0.3 is 4.57 Å². The Morgan fingerprint density at radius 3 is 2.71 bits per heavy atom. The minimum absolute atomic E-state index is 0.229. The summed E-state index contributed by atoms with van der Waals surface area (Å²) in [5.41, 5.74) is 0.812. The van der Waals surface area contributed by atoms with Crippen molar-refractivity contribution in [3.63, 3.8) is 0 Å². The molecular weight excluding hydrogens is 212 g/mol. The van der Waals surface area contributed by atoms with Gasteiger partial charge in [-0.05, 0) is 44.7 Å². The van der Waals surface area contributed by atoms with Crippen LogP contribution in [0.25, 0.3) is 0 Å². The predicted octanol–water partition coefficient (Wildman–Crippen LogP) is 2.33. The highest BCUT2D eigenvalue weighted by Crippen LogP contribution is 2.30. The molecule has 0 aromatic carbocycles. The quantitative estimate of drug-likeness (QED) is 0.706. The average molecular weight is 234 g/mol. The Hall–Kier alpha value is -1.09. The van der Waals surface area contributed by atoms with Gasteiger partial charge in [-0.2, -0.15) is 0 Å². The molecule has 1 aromatic heterocycles. The Labute approximate surface area is 103 Å². The Bertz CT molecular complexity index is 391.